The highest BCUT2D eigenvalue weighted by atomic mass is 31.2. The molecule has 5 aromatic carbocycles. The van der Waals surface area contributed by atoms with E-state index in [2.05, 4.69) is 35.4 Å². The largest absolute Gasteiger partial charge is 0.297 e. The summed E-state index contributed by atoms with van der Waals surface area (Å²) in [6, 6.07) is 45.2. The second-order valence-corrected chi connectivity index (χ2v) is 11.6. The van der Waals surface area contributed by atoms with Gasteiger partial charge in [-0.15, -0.1) is 0 Å². The van der Waals surface area contributed by atoms with Crippen LogP contribution in [0, 0.1) is 11.3 Å². The highest BCUT2D eigenvalue weighted by Gasteiger charge is 2.42. The van der Waals surface area contributed by atoms with Crippen molar-refractivity contribution in [3.63, 3.8) is 0 Å². The topological polar surface area (TPSA) is 52.9 Å². The maximum absolute atomic E-state index is 15.0. The molecule has 0 saturated carbocycles. The molecule has 5 aromatic rings. The van der Waals surface area contributed by atoms with E-state index in [1.54, 1.807) is 0 Å². The van der Waals surface area contributed by atoms with Crippen LogP contribution < -0.4 is 15.7 Å². The normalized spacial score (nSPS) is 14.0. The molecule has 3 nitrogen and oxygen atoms in total. The quantitative estimate of drug-likeness (QED) is 0.255. The molecule has 0 radical (unpaired) electrons. The number of benzene rings is 5. The molecule has 0 heterocycles. The van der Waals surface area contributed by atoms with Crippen LogP contribution in [0.15, 0.2) is 133 Å². The third kappa shape index (κ3) is 4.38. The summed E-state index contributed by atoms with van der Waals surface area (Å²) in [6.45, 7) is 1.93. The fourth-order valence-electron chi connectivity index (χ4n) is 4.76. The van der Waals surface area contributed by atoms with Crippen molar-refractivity contribution < 1.29 is 4.57 Å². The first-order valence-corrected chi connectivity index (χ1v) is 13.7. The van der Waals surface area contributed by atoms with E-state index in [-0.39, 0.29) is 0 Å². The summed E-state index contributed by atoms with van der Waals surface area (Å²) >= 11 is 0. The Balaban J connectivity index is 1.74. The first-order valence-electron chi connectivity index (χ1n) is 12.0. The van der Waals surface area contributed by atoms with Crippen molar-refractivity contribution in [3.05, 3.63) is 145 Å². The number of rotatable bonds is 7. The lowest BCUT2D eigenvalue weighted by molar-refractivity contribution is 0.446. The highest BCUT2D eigenvalue weighted by molar-refractivity contribution is 7.76. The van der Waals surface area contributed by atoms with E-state index in [0.717, 1.165) is 21.9 Å². The zero-order valence-corrected chi connectivity index (χ0v) is 21.0. The summed E-state index contributed by atoms with van der Waals surface area (Å²) in [5.41, 5.74) is 0.780. The van der Waals surface area contributed by atoms with Crippen LogP contribution in [0.2, 0.25) is 0 Å². The van der Waals surface area contributed by atoms with Crippen molar-refractivity contribution >= 4 is 28.7 Å². The summed E-state index contributed by atoms with van der Waals surface area (Å²) in [5.74, 6) is 0. The zero-order valence-electron chi connectivity index (χ0n) is 20.1. The van der Waals surface area contributed by atoms with E-state index in [9.17, 15) is 5.26 Å². The minimum absolute atomic E-state index is 0.555. The molecule has 0 aliphatic rings. The lowest BCUT2D eigenvalue weighted by atomic mass is 9.74. The van der Waals surface area contributed by atoms with Gasteiger partial charge in [-0.3, -0.25) is 9.65 Å². The third-order valence-corrected chi connectivity index (χ3v) is 9.51. The van der Waals surface area contributed by atoms with Gasteiger partial charge in [0.1, 0.15) is 0 Å². The molecule has 0 saturated heterocycles. The van der Waals surface area contributed by atoms with E-state index < -0.39 is 18.7 Å². The highest BCUT2D eigenvalue weighted by Crippen LogP contribution is 2.47. The van der Waals surface area contributed by atoms with Gasteiger partial charge in [-0.05, 0) is 59.2 Å². The molecule has 0 spiro atoms. The van der Waals surface area contributed by atoms with Gasteiger partial charge in [0.15, 0.2) is 0 Å². The van der Waals surface area contributed by atoms with Gasteiger partial charge in [0, 0.05) is 10.6 Å². The van der Waals surface area contributed by atoms with Crippen LogP contribution in [0.25, 0.3) is 10.8 Å². The number of hydrogen-bond donors (Lipinski definition) is 1. The van der Waals surface area contributed by atoms with E-state index in [1.165, 1.54) is 0 Å². The fourth-order valence-corrected chi connectivity index (χ4v) is 7.31. The lowest BCUT2D eigenvalue weighted by Gasteiger charge is -2.36. The lowest BCUT2D eigenvalue weighted by Crippen LogP contribution is -2.41. The number of fused-ring (bicyclic) bond motifs is 1. The average molecular weight is 487 g/mol. The van der Waals surface area contributed by atoms with Crippen LogP contribution in [0.3, 0.4) is 0 Å². The summed E-state index contributed by atoms with van der Waals surface area (Å²) in [5, 5.41) is 17.8. The van der Waals surface area contributed by atoms with Crippen molar-refractivity contribution in [2.75, 3.05) is 0 Å². The van der Waals surface area contributed by atoms with Crippen LogP contribution in [-0.4, -0.2) is 0 Å². The first-order chi connectivity index (χ1) is 17.5. The number of nitriles is 1. The molecule has 0 unspecified atom stereocenters. The predicted octanol–water partition coefficient (Wildman–Crippen LogP) is 6.88. The molecular weight excluding hydrogens is 459 g/mol. The summed E-state index contributed by atoms with van der Waals surface area (Å²) in [7, 11) is -3.34. The number of nitrogens with one attached hydrogen (secondary N) is 1. The number of nitrogens with zero attached hydrogens (tertiary/aromatic N) is 1. The molecule has 5 rings (SSSR count). The molecule has 36 heavy (non-hydrogen) atoms. The maximum Gasteiger partial charge on any atom is 0.205 e. The maximum atomic E-state index is 15.0. The Kier molecular flexibility index (Phi) is 6.57. The van der Waals surface area contributed by atoms with Crippen molar-refractivity contribution in [2.24, 2.45) is 0 Å². The molecular formula is C32H27N2OP. The van der Waals surface area contributed by atoms with Gasteiger partial charge in [0.2, 0.25) is 7.29 Å². The second-order valence-electron chi connectivity index (χ2n) is 9.13. The molecule has 0 amide bonds. The van der Waals surface area contributed by atoms with Crippen molar-refractivity contribution in [1.29, 1.82) is 5.26 Å². The standard InChI is InChI=1S/C32H27N2OP/c1-32(24-33,28-15-5-2-6-16-28)31(27-22-21-25-13-11-12-14-26(25)23-27)34-36(35,29-17-7-3-8-18-29)30-19-9-4-10-20-30/h2-23,31H,1H3,(H,34,35)/t31-,32-/m1/s1. The van der Waals surface area contributed by atoms with E-state index in [4.69, 9.17) is 0 Å². The van der Waals surface area contributed by atoms with Gasteiger partial charge in [0.05, 0.1) is 17.5 Å². The van der Waals surface area contributed by atoms with E-state index in [0.29, 0.717) is 10.6 Å². The van der Waals surface area contributed by atoms with Crippen molar-refractivity contribution in [3.8, 4) is 6.07 Å². The monoisotopic (exact) mass is 486 g/mol. The Morgan fingerprint density at radius 1 is 0.694 bits per heavy atom. The molecule has 0 aliphatic heterocycles. The fraction of sp³-hybridized carbons (Fsp3) is 0.0938. The molecule has 1 N–H and O–H groups in total. The van der Waals surface area contributed by atoms with Gasteiger partial charge < -0.3 is 0 Å². The smallest absolute Gasteiger partial charge is 0.205 e. The van der Waals surface area contributed by atoms with Crippen LogP contribution in [0.5, 0.6) is 0 Å². The Morgan fingerprint density at radius 3 is 1.75 bits per heavy atom. The van der Waals surface area contributed by atoms with Crippen molar-refractivity contribution in [2.45, 2.75) is 18.4 Å². The van der Waals surface area contributed by atoms with E-state index in [1.807, 2.05) is 116 Å². The second kappa shape index (κ2) is 9.96. The molecule has 0 bridgehead atoms. The molecule has 0 aliphatic carbocycles. The Bertz CT molecular complexity index is 1520. The Labute approximate surface area is 212 Å². The van der Waals surface area contributed by atoms with E-state index >= 15 is 4.57 Å². The molecule has 176 valence electrons. The molecule has 0 fully saturated rings. The Hall–Kier alpha value is -3.96. The van der Waals surface area contributed by atoms with Gasteiger partial charge in [-0.2, -0.15) is 5.26 Å². The Morgan fingerprint density at radius 2 is 1.19 bits per heavy atom. The summed E-state index contributed by atoms with van der Waals surface area (Å²) < 4.78 is 15.0. The molecule has 4 heteroatoms. The molecule has 2 atom stereocenters. The predicted molar refractivity (Wildman–Crippen MR) is 149 cm³/mol. The average Bonchev–Trinajstić information content (AvgIpc) is 2.96. The van der Waals surface area contributed by atoms with Crippen LogP contribution >= 0.6 is 7.29 Å². The van der Waals surface area contributed by atoms with Gasteiger partial charge in [-0.25, -0.2) is 0 Å². The number of hydrogen-bond acceptors (Lipinski definition) is 2. The van der Waals surface area contributed by atoms with Gasteiger partial charge >= 0.3 is 0 Å². The van der Waals surface area contributed by atoms with Gasteiger partial charge in [-0.1, -0.05) is 103 Å². The van der Waals surface area contributed by atoms with Gasteiger partial charge in [0.25, 0.3) is 0 Å². The minimum Gasteiger partial charge on any atom is -0.297 e. The summed E-state index contributed by atoms with van der Waals surface area (Å²) in [4.78, 5) is 0. The zero-order chi connectivity index (χ0) is 25.0. The van der Waals surface area contributed by atoms with Crippen LogP contribution in [0.4, 0.5) is 0 Å². The first kappa shape index (κ1) is 23.8. The SMILES string of the molecule is C[C@@](C#N)(c1ccccc1)[C@H](NP(=O)(c1ccccc1)c1ccccc1)c1ccc2ccccc2c1. The molecule has 0 aromatic heterocycles. The summed E-state index contributed by atoms with van der Waals surface area (Å²) in [6.07, 6.45) is 0. The minimum atomic E-state index is -3.34. The van der Waals surface area contributed by atoms with Crippen LogP contribution in [0.1, 0.15) is 24.1 Å². The third-order valence-electron chi connectivity index (χ3n) is 6.84. The van der Waals surface area contributed by atoms with Crippen LogP contribution in [-0.2, 0) is 9.98 Å². The van der Waals surface area contributed by atoms with Crippen molar-refractivity contribution in [1.82, 2.24) is 5.09 Å².